The highest BCUT2D eigenvalue weighted by atomic mass is 15.0. The van der Waals surface area contributed by atoms with Crippen LogP contribution in [0.25, 0.3) is 0 Å². The first-order valence-electron chi connectivity index (χ1n) is 4.95. The van der Waals surface area contributed by atoms with Crippen molar-refractivity contribution in [1.82, 2.24) is 0 Å². The van der Waals surface area contributed by atoms with Crippen molar-refractivity contribution >= 4 is 5.69 Å². The Kier molecular flexibility index (Phi) is 1.41. The summed E-state index contributed by atoms with van der Waals surface area (Å²) in [5.74, 6) is 0.672. The van der Waals surface area contributed by atoms with Crippen LogP contribution in [-0.2, 0) is 0 Å². The monoisotopic (exact) mass is 174 g/mol. The largest absolute Gasteiger partial charge is 0.381 e. The molecule has 3 N–H and O–H groups in total. The smallest absolute Gasteiger partial charge is 0.0378 e. The van der Waals surface area contributed by atoms with Gasteiger partial charge < -0.3 is 11.1 Å². The van der Waals surface area contributed by atoms with E-state index in [1.54, 1.807) is 0 Å². The van der Waals surface area contributed by atoms with Crippen molar-refractivity contribution in [3.8, 4) is 0 Å². The molecule has 0 bridgehead atoms. The third-order valence-electron chi connectivity index (χ3n) is 3.30. The Morgan fingerprint density at radius 1 is 1.23 bits per heavy atom. The molecule has 2 nitrogen and oxygen atoms in total. The van der Waals surface area contributed by atoms with E-state index in [0.717, 1.165) is 12.8 Å². The van der Waals surface area contributed by atoms with Crippen molar-refractivity contribution in [2.75, 3.05) is 5.32 Å². The third-order valence-corrected chi connectivity index (χ3v) is 3.30. The van der Waals surface area contributed by atoms with Crippen molar-refractivity contribution in [3.05, 3.63) is 29.8 Å². The zero-order valence-electron chi connectivity index (χ0n) is 7.53. The van der Waals surface area contributed by atoms with Crippen LogP contribution < -0.4 is 11.1 Å². The van der Waals surface area contributed by atoms with E-state index in [0.29, 0.717) is 18.0 Å². The maximum absolute atomic E-state index is 5.94. The summed E-state index contributed by atoms with van der Waals surface area (Å²) in [6.07, 6.45) is 2.27. The summed E-state index contributed by atoms with van der Waals surface area (Å²) in [7, 11) is 0. The van der Waals surface area contributed by atoms with Crippen molar-refractivity contribution in [3.63, 3.8) is 0 Å². The maximum atomic E-state index is 5.94. The second kappa shape index (κ2) is 2.48. The van der Waals surface area contributed by atoms with E-state index in [2.05, 4.69) is 29.6 Å². The number of fused-ring (bicyclic) bond motifs is 3. The number of benzene rings is 1. The molecule has 1 aromatic carbocycles. The number of para-hydroxylation sites is 1. The van der Waals surface area contributed by atoms with Gasteiger partial charge in [-0.15, -0.1) is 0 Å². The number of anilines is 1. The molecule has 1 aliphatic carbocycles. The van der Waals surface area contributed by atoms with E-state index in [4.69, 9.17) is 5.73 Å². The van der Waals surface area contributed by atoms with Gasteiger partial charge in [-0.2, -0.15) is 0 Å². The van der Waals surface area contributed by atoms with Crippen molar-refractivity contribution < 1.29 is 0 Å². The molecule has 2 heteroatoms. The Bertz CT molecular complexity index is 335. The van der Waals surface area contributed by atoms with Gasteiger partial charge in [-0.25, -0.2) is 0 Å². The Morgan fingerprint density at radius 2 is 2.08 bits per heavy atom. The van der Waals surface area contributed by atoms with Crippen LogP contribution >= 0.6 is 0 Å². The predicted octanol–water partition coefficient (Wildman–Crippen LogP) is 1.69. The molecular weight excluding hydrogens is 160 g/mol. The highest BCUT2D eigenvalue weighted by Gasteiger charge is 2.38. The third kappa shape index (κ3) is 0.985. The van der Waals surface area contributed by atoms with Gasteiger partial charge in [-0.3, -0.25) is 0 Å². The van der Waals surface area contributed by atoms with Crippen LogP contribution in [0.4, 0.5) is 5.69 Å². The van der Waals surface area contributed by atoms with E-state index >= 15 is 0 Å². The summed E-state index contributed by atoms with van der Waals surface area (Å²) in [5.41, 5.74) is 8.74. The lowest BCUT2D eigenvalue weighted by atomic mass is 9.98. The van der Waals surface area contributed by atoms with Gasteiger partial charge in [0, 0.05) is 23.7 Å². The number of hydrogen-bond acceptors (Lipinski definition) is 2. The summed E-state index contributed by atoms with van der Waals surface area (Å²) in [5, 5.41) is 3.55. The molecule has 0 spiro atoms. The van der Waals surface area contributed by atoms with Gasteiger partial charge in [-0.05, 0) is 24.5 Å². The minimum atomic E-state index is 0.399. The van der Waals surface area contributed by atoms with Crippen LogP contribution in [0.3, 0.4) is 0 Å². The number of nitrogens with one attached hydrogen (secondary N) is 1. The lowest BCUT2D eigenvalue weighted by molar-refractivity contribution is 0.678. The summed E-state index contributed by atoms with van der Waals surface area (Å²) in [4.78, 5) is 0. The molecule has 1 aromatic rings. The van der Waals surface area contributed by atoms with E-state index < -0.39 is 0 Å². The summed E-state index contributed by atoms with van der Waals surface area (Å²) in [6, 6.07) is 9.60. The fraction of sp³-hybridized carbons (Fsp3) is 0.455. The van der Waals surface area contributed by atoms with E-state index in [-0.39, 0.29) is 0 Å². The normalized spacial score (nSPS) is 35.3. The highest BCUT2D eigenvalue weighted by molar-refractivity contribution is 5.60. The lowest BCUT2D eigenvalue weighted by Gasteiger charge is -2.07. The number of hydrogen-bond donors (Lipinski definition) is 2. The van der Waals surface area contributed by atoms with Gasteiger partial charge in [-0.1, -0.05) is 18.2 Å². The Labute approximate surface area is 78.1 Å². The van der Waals surface area contributed by atoms with Crippen LogP contribution in [-0.4, -0.2) is 12.1 Å². The van der Waals surface area contributed by atoms with Crippen LogP contribution in [0, 0.1) is 0 Å². The molecule has 13 heavy (non-hydrogen) atoms. The molecule has 3 atom stereocenters. The van der Waals surface area contributed by atoms with Gasteiger partial charge in [0.1, 0.15) is 0 Å². The zero-order valence-corrected chi connectivity index (χ0v) is 7.53. The molecule has 1 aliphatic heterocycles. The van der Waals surface area contributed by atoms with Crippen molar-refractivity contribution in [1.29, 1.82) is 0 Å². The fourth-order valence-electron chi connectivity index (χ4n) is 2.73. The van der Waals surface area contributed by atoms with Crippen LogP contribution in [0.2, 0.25) is 0 Å². The molecule has 1 saturated carbocycles. The minimum absolute atomic E-state index is 0.399. The number of rotatable bonds is 0. The molecule has 0 radical (unpaired) electrons. The van der Waals surface area contributed by atoms with Crippen LogP contribution in [0.15, 0.2) is 24.3 Å². The fourth-order valence-corrected chi connectivity index (χ4v) is 2.73. The minimum Gasteiger partial charge on any atom is -0.381 e. The molecule has 0 aromatic heterocycles. The molecule has 68 valence electrons. The summed E-state index contributed by atoms with van der Waals surface area (Å²) in [6.45, 7) is 0. The van der Waals surface area contributed by atoms with E-state index in [1.807, 2.05) is 0 Å². The predicted molar refractivity (Wildman–Crippen MR) is 53.8 cm³/mol. The van der Waals surface area contributed by atoms with Gasteiger partial charge in [0.05, 0.1) is 0 Å². The molecule has 2 aliphatic rings. The van der Waals surface area contributed by atoms with Gasteiger partial charge in [0.2, 0.25) is 0 Å². The molecular formula is C11H14N2. The standard InChI is InChI=1S/C11H14N2/c12-7-5-9-8-3-1-2-4-10(8)13-11(9)6-7/h1-4,7,9,11,13H,5-6,12H2. The first-order valence-corrected chi connectivity index (χ1v) is 4.95. The van der Waals surface area contributed by atoms with E-state index in [9.17, 15) is 0 Å². The second-order valence-electron chi connectivity index (χ2n) is 4.18. The zero-order chi connectivity index (χ0) is 8.84. The van der Waals surface area contributed by atoms with Crippen molar-refractivity contribution in [2.24, 2.45) is 5.73 Å². The van der Waals surface area contributed by atoms with Gasteiger partial charge >= 0.3 is 0 Å². The van der Waals surface area contributed by atoms with Crippen LogP contribution in [0.5, 0.6) is 0 Å². The second-order valence-corrected chi connectivity index (χ2v) is 4.18. The van der Waals surface area contributed by atoms with Crippen molar-refractivity contribution in [2.45, 2.75) is 30.8 Å². The van der Waals surface area contributed by atoms with Gasteiger partial charge in [0.25, 0.3) is 0 Å². The molecule has 3 unspecified atom stereocenters. The first-order chi connectivity index (χ1) is 6.34. The molecule has 0 amide bonds. The molecule has 1 fully saturated rings. The maximum Gasteiger partial charge on any atom is 0.0378 e. The molecule has 3 rings (SSSR count). The summed E-state index contributed by atoms with van der Waals surface area (Å²) >= 11 is 0. The average Bonchev–Trinajstić information content (AvgIpc) is 2.60. The lowest BCUT2D eigenvalue weighted by Crippen LogP contribution is -2.19. The molecule has 0 saturated heterocycles. The van der Waals surface area contributed by atoms with Gasteiger partial charge in [0.15, 0.2) is 0 Å². The number of nitrogens with two attached hydrogens (primary N) is 1. The topological polar surface area (TPSA) is 38.0 Å². The molecule has 1 heterocycles. The Hall–Kier alpha value is -1.02. The quantitative estimate of drug-likeness (QED) is 0.628. The first kappa shape index (κ1) is 7.39. The van der Waals surface area contributed by atoms with Crippen LogP contribution in [0.1, 0.15) is 24.3 Å². The Balaban J connectivity index is 2.02. The summed E-state index contributed by atoms with van der Waals surface area (Å²) < 4.78 is 0. The Morgan fingerprint density at radius 3 is 3.00 bits per heavy atom. The van der Waals surface area contributed by atoms with E-state index in [1.165, 1.54) is 11.3 Å². The highest BCUT2D eigenvalue weighted by Crippen LogP contribution is 2.44. The average molecular weight is 174 g/mol. The SMILES string of the molecule is NC1CC2Nc3ccccc3C2C1.